The quantitative estimate of drug-likeness (QED) is 0.859. The number of fused-ring (bicyclic) bond motifs is 1. The van der Waals surface area contributed by atoms with Crippen LogP contribution in [0.15, 0.2) is 41.7 Å². The van der Waals surface area contributed by atoms with E-state index in [0.29, 0.717) is 0 Å². The van der Waals surface area contributed by atoms with Crippen molar-refractivity contribution in [3.8, 4) is 0 Å². The average Bonchev–Trinajstić information content (AvgIpc) is 2.82. The summed E-state index contributed by atoms with van der Waals surface area (Å²) in [7, 11) is 0. The Morgan fingerprint density at radius 1 is 1.38 bits per heavy atom. The Morgan fingerprint density at radius 3 is 3.19 bits per heavy atom. The zero-order valence-corrected chi connectivity index (χ0v) is 9.83. The van der Waals surface area contributed by atoms with E-state index in [-0.39, 0.29) is 0 Å². The van der Waals surface area contributed by atoms with Crippen LogP contribution in [0.3, 0.4) is 0 Å². The van der Waals surface area contributed by atoms with Crippen molar-refractivity contribution < 1.29 is 0 Å². The summed E-state index contributed by atoms with van der Waals surface area (Å²) >= 11 is 1.98. The molecule has 82 valence electrons. The van der Waals surface area contributed by atoms with Crippen molar-refractivity contribution in [3.63, 3.8) is 0 Å². The summed E-state index contributed by atoms with van der Waals surface area (Å²) in [6.07, 6.45) is 6.05. The second-order valence-electron chi connectivity index (χ2n) is 4.25. The van der Waals surface area contributed by atoms with E-state index in [1.54, 1.807) is 6.33 Å². The average molecular weight is 230 g/mol. The van der Waals surface area contributed by atoms with E-state index in [2.05, 4.69) is 34.2 Å². The van der Waals surface area contributed by atoms with Gasteiger partial charge < -0.3 is 4.98 Å². The van der Waals surface area contributed by atoms with Crippen LogP contribution in [0.4, 0.5) is 0 Å². The third-order valence-corrected chi connectivity index (χ3v) is 4.36. The largest absolute Gasteiger partial charge is 0.351 e. The number of H-pyrrole nitrogens is 1. The molecule has 0 radical (unpaired) electrons. The van der Waals surface area contributed by atoms with Gasteiger partial charge in [0.25, 0.3) is 0 Å². The highest BCUT2D eigenvalue weighted by Gasteiger charge is 2.19. The lowest BCUT2D eigenvalue weighted by molar-refractivity contribution is 0.567. The number of aromatic amines is 1. The Labute approximate surface area is 99.5 Å². The Bertz CT molecular complexity index is 465. The van der Waals surface area contributed by atoms with Crippen molar-refractivity contribution in [2.45, 2.75) is 17.7 Å². The molecule has 0 saturated carbocycles. The van der Waals surface area contributed by atoms with E-state index >= 15 is 0 Å². The molecule has 1 aliphatic rings. The van der Waals surface area contributed by atoms with Gasteiger partial charge in [0.15, 0.2) is 0 Å². The molecule has 0 amide bonds. The fourth-order valence-corrected chi connectivity index (χ4v) is 3.38. The van der Waals surface area contributed by atoms with Crippen LogP contribution in [-0.4, -0.2) is 15.7 Å². The van der Waals surface area contributed by atoms with E-state index < -0.39 is 0 Å². The van der Waals surface area contributed by atoms with E-state index in [0.717, 1.165) is 12.3 Å². The highest BCUT2D eigenvalue weighted by Crippen LogP contribution is 2.33. The highest BCUT2D eigenvalue weighted by molar-refractivity contribution is 7.99. The summed E-state index contributed by atoms with van der Waals surface area (Å²) in [5.74, 6) is 1.94. The predicted molar refractivity (Wildman–Crippen MR) is 66.7 cm³/mol. The molecule has 16 heavy (non-hydrogen) atoms. The summed E-state index contributed by atoms with van der Waals surface area (Å²) in [5.41, 5.74) is 2.68. The van der Waals surface area contributed by atoms with Gasteiger partial charge in [-0.3, -0.25) is 0 Å². The Balaban J connectivity index is 1.73. The molecule has 0 fully saturated rings. The standard InChI is InChI=1S/C13H14N2S/c1-2-4-13-11(3-1)5-10(8-16-13)6-12-7-14-9-15-12/h1-4,7,9-10H,5-6,8H2,(H,14,15). The molecular weight excluding hydrogens is 216 g/mol. The molecule has 3 heteroatoms. The molecule has 1 aromatic carbocycles. The van der Waals surface area contributed by atoms with Gasteiger partial charge >= 0.3 is 0 Å². The summed E-state index contributed by atoms with van der Waals surface area (Å²) in [5, 5.41) is 0. The monoisotopic (exact) mass is 230 g/mol. The number of hydrogen-bond donors (Lipinski definition) is 1. The number of nitrogens with zero attached hydrogens (tertiary/aromatic N) is 1. The molecule has 1 unspecified atom stereocenters. The van der Waals surface area contributed by atoms with E-state index in [4.69, 9.17) is 0 Å². The minimum absolute atomic E-state index is 0.725. The first-order valence-electron chi connectivity index (χ1n) is 5.60. The first-order chi connectivity index (χ1) is 7.92. The maximum atomic E-state index is 4.30. The zero-order chi connectivity index (χ0) is 10.8. The first-order valence-corrected chi connectivity index (χ1v) is 6.59. The fourth-order valence-electron chi connectivity index (χ4n) is 2.22. The van der Waals surface area contributed by atoms with Crippen molar-refractivity contribution in [2.75, 3.05) is 5.75 Å². The Kier molecular flexibility index (Phi) is 2.70. The lowest BCUT2D eigenvalue weighted by Gasteiger charge is -2.23. The first kappa shape index (κ1) is 9.97. The number of thioether (sulfide) groups is 1. The van der Waals surface area contributed by atoms with Crippen molar-refractivity contribution >= 4 is 11.8 Å². The molecule has 2 aromatic rings. The number of rotatable bonds is 2. The number of imidazole rings is 1. The molecule has 0 bridgehead atoms. The third kappa shape index (κ3) is 2.00. The van der Waals surface area contributed by atoms with Gasteiger partial charge in [0.1, 0.15) is 0 Å². The van der Waals surface area contributed by atoms with Crippen LogP contribution in [-0.2, 0) is 12.8 Å². The topological polar surface area (TPSA) is 28.7 Å². The number of hydrogen-bond acceptors (Lipinski definition) is 2. The van der Waals surface area contributed by atoms with Gasteiger partial charge in [0.2, 0.25) is 0 Å². The van der Waals surface area contributed by atoms with Crippen LogP contribution < -0.4 is 0 Å². The van der Waals surface area contributed by atoms with Crippen LogP contribution in [0.5, 0.6) is 0 Å². The van der Waals surface area contributed by atoms with Crippen molar-refractivity contribution in [1.82, 2.24) is 9.97 Å². The van der Waals surface area contributed by atoms with Gasteiger partial charge in [0, 0.05) is 16.8 Å². The molecule has 0 spiro atoms. The van der Waals surface area contributed by atoms with Crippen molar-refractivity contribution in [2.24, 2.45) is 5.92 Å². The Morgan fingerprint density at radius 2 is 2.31 bits per heavy atom. The molecule has 1 atom stereocenters. The second-order valence-corrected chi connectivity index (χ2v) is 5.32. The molecule has 0 aliphatic carbocycles. The molecule has 1 aliphatic heterocycles. The van der Waals surface area contributed by atoms with Crippen molar-refractivity contribution in [3.05, 3.63) is 48.0 Å². The second kappa shape index (κ2) is 4.34. The molecule has 0 saturated heterocycles. The van der Waals surface area contributed by atoms with E-state index in [1.165, 1.54) is 28.3 Å². The summed E-state index contributed by atoms with van der Waals surface area (Å²) in [4.78, 5) is 8.78. The fraction of sp³-hybridized carbons (Fsp3) is 0.308. The molecule has 2 heterocycles. The maximum absolute atomic E-state index is 4.30. The lowest BCUT2D eigenvalue weighted by Crippen LogP contribution is -2.16. The Hall–Kier alpha value is -1.22. The van der Waals surface area contributed by atoms with E-state index in [9.17, 15) is 0 Å². The number of aromatic nitrogens is 2. The SMILES string of the molecule is c1ccc2c(c1)CC(Cc1c[nH]cn1)CS2. The van der Waals surface area contributed by atoms with Gasteiger partial charge in [0.05, 0.1) is 12.0 Å². The summed E-state index contributed by atoms with van der Waals surface area (Å²) in [6, 6.07) is 8.74. The van der Waals surface area contributed by atoms with Gasteiger partial charge in [-0.25, -0.2) is 4.98 Å². The number of nitrogens with one attached hydrogen (secondary N) is 1. The van der Waals surface area contributed by atoms with Gasteiger partial charge in [-0.2, -0.15) is 0 Å². The zero-order valence-electron chi connectivity index (χ0n) is 9.02. The number of benzene rings is 1. The predicted octanol–water partition coefficient (Wildman–Crippen LogP) is 2.92. The minimum Gasteiger partial charge on any atom is -0.351 e. The molecule has 3 rings (SSSR count). The molecule has 2 nitrogen and oxygen atoms in total. The van der Waals surface area contributed by atoms with Gasteiger partial charge in [-0.15, -0.1) is 11.8 Å². The van der Waals surface area contributed by atoms with Gasteiger partial charge in [-0.1, -0.05) is 18.2 Å². The van der Waals surface area contributed by atoms with Crippen LogP contribution in [0.1, 0.15) is 11.3 Å². The third-order valence-electron chi connectivity index (χ3n) is 3.01. The molecule has 1 aromatic heterocycles. The van der Waals surface area contributed by atoms with E-state index in [1.807, 2.05) is 18.0 Å². The lowest BCUT2D eigenvalue weighted by atomic mass is 9.96. The van der Waals surface area contributed by atoms with Crippen molar-refractivity contribution in [1.29, 1.82) is 0 Å². The highest BCUT2D eigenvalue weighted by atomic mass is 32.2. The van der Waals surface area contributed by atoms with Crippen LogP contribution in [0.25, 0.3) is 0 Å². The molecular formula is C13H14N2S. The van der Waals surface area contributed by atoms with Crippen LogP contribution in [0, 0.1) is 5.92 Å². The van der Waals surface area contributed by atoms with Gasteiger partial charge in [-0.05, 0) is 30.4 Å². The minimum atomic E-state index is 0.725. The summed E-state index contributed by atoms with van der Waals surface area (Å²) in [6.45, 7) is 0. The molecule has 1 N–H and O–H groups in total. The maximum Gasteiger partial charge on any atom is 0.0923 e. The normalized spacial score (nSPS) is 19.4. The van der Waals surface area contributed by atoms with Crippen LogP contribution >= 0.6 is 11.8 Å². The smallest absolute Gasteiger partial charge is 0.0923 e. The summed E-state index contributed by atoms with van der Waals surface area (Å²) < 4.78 is 0. The van der Waals surface area contributed by atoms with Crippen LogP contribution in [0.2, 0.25) is 0 Å².